The number of rotatable bonds is 17. The average Bonchev–Trinajstić information content (AvgIpc) is 3.47. The number of cyclic esters (lactones) is 1. The predicted molar refractivity (Wildman–Crippen MR) is 293 cm³/mol. The van der Waals surface area contributed by atoms with E-state index in [1.54, 1.807) is 40.7 Å². The van der Waals surface area contributed by atoms with Gasteiger partial charge in [-0.05, 0) is 112 Å². The van der Waals surface area contributed by atoms with Crippen LogP contribution in [0.1, 0.15) is 137 Å². The number of esters is 2. The topological polar surface area (TPSA) is 288 Å². The van der Waals surface area contributed by atoms with E-state index < -0.39 is 119 Å². The first kappa shape index (κ1) is 63.8. The number of aryl methyl sites for hydroxylation is 1. The van der Waals surface area contributed by atoms with E-state index in [1.807, 2.05) is 64.2 Å². The number of aliphatic hydroxyl groups is 3. The van der Waals surface area contributed by atoms with Crippen LogP contribution in [0.25, 0.3) is 10.9 Å². The Morgan fingerprint density at radius 3 is 2.20 bits per heavy atom. The Morgan fingerprint density at radius 1 is 0.911 bits per heavy atom. The number of benzene rings is 1. The lowest BCUT2D eigenvalue weighted by Gasteiger charge is -2.50. The third-order valence-corrected chi connectivity index (χ3v) is 17.5. The van der Waals surface area contributed by atoms with Gasteiger partial charge in [-0.3, -0.25) is 14.4 Å². The zero-order chi connectivity index (χ0) is 58.6. The first-order valence-electron chi connectivity index (χ1n) is 28.1. The minimum Gasteiger partial charge on any atom is -0.477 e. The first-order chi connectivity index (χ1) is 37.1. The number of aromatic nitrogens is 1. The number of pyridine rings is 1. The standard InChI is InChI=1S/C57H91N5O17/c1-16-41-57(11,70)49(66)32(5)44(60-71)29(2)26-55(9,72-14)50(79-54-47(65)40(61(12)13)23-31(4)74-54)33(6)48(34(7)53(69)76-41)78-43-27-56(10,73-15)51(35(8)75-43)77-42(63)19-20-58-21-22-59-37-24-36-18-17-30(3)62-28-39(52(67)68)46(64)38(25-37)45(36)62/h24-25,28-35,40-41,43,47-51,54,58-59,65-66,70-71H,16-23,26-27H2,1-15H3,(H,67,68)/b60-44+/t29-,30?,31-,32+,33+,34?,35+,40?,41-,43+,47-,48+,49-,50-,51+,54+,55-,56-,57-/m1/s1. The number of aliphatic hydroxyl groups excluding tert-OH is 2. The molecule has 2 aromatic rings. The van der Waals surface area contributed by atoms with E-state index in [-0.39, 0.29) is 61.7 Å². The number of ether oxygens (including phenoxy) is 8. The second-order valence-electron chi connectivity index (χ2n) is 23.6. The summed E-state index contributed by atoms with van der Waals surface area (Å²) in [7, 11) is 6.75. The largest absolute Gasteiger partial charge is 0.477 e. The molecule has 0 aliphatic carbocycles. The van der Waals surface area contributed by atoms with Crippen LogP contribution in [-0.2, 0) is 53.9 Å². The molecule has 3 saturated heterocycles. The van der Waals surface area contributed by atoms with Gasteiger partial charge in [-0.2, -0.15) is 0 Å². The fourth-order valence-electron chi connectivity index (χ4n) is 12.7. The molecule has 3 unspecified atom stereocenters. The van der Waals surface area contributed by atoms with Crippen LogP contribution in [0.15, 0.2) is 28.3 Å². The number of hydrogen-bond acceptors (Lipinski definition) is 20. The van der Waals surface area contributed by atoms with Crippen molar-refractivity contribution in [1.29, 1.82) is 0 Å². The lowest BCUT2D eigenvalue weighted by atomic mass is 9.73. The van der Waals surface area contributed by atoms with Gasteiger partial charge in [-0.1, -0.05) is 32.9 Å². The van der Waals surface area contributed by atoms with E-state index >= 15 is 0 Å². The van der Waals surface area contributed by atoms with Crippen molar-refractivity contribution in [3.05, 3.63) is 39.7 Å². The molecule has 1 aromatic heterocycles. The lowest BCUT2D eigenvalue weighted by Crippen LogP contribution is -2.61. The van der Waals surface area contributed by atoms with Crippen molar-refractivity contribution >= 4 is 40.2 Å². The minimum atomic E-state index is -2.00. The maximum absolute atomic E-state index is 14.6. The van der Waals surface area contributed by atoms with Crippen LogP contribution in [-0.4, -0.2) is 191 Å². The van der Waals surface area contributed by atoms with Gasteiger partial charge in [0.25, 0.3) is 0 Å². The predicted octanol–water partition coefficient (Wildman–Crippen LogP) is 4.86. The molecule has 22 heteroatoms. The smallest absolute Gasteiger partial charge is 0.341 e. The van der Waals surface area contributed by atoms with E-state index in [0.717, 1.165) is 23.9 Å². The molecule has 19 atom stereocenters. The van der Waals surface area contributed by atoms with Crippen molar-refractivity contribution in [2.75, 3.05) is 53.3 Å². The number of carbonyl (C=O) groups is 3. The molecule has 0 amide bonds. The zero-order valence-corrected chi connectivity index (χ0v) is 49.0. The van der Waals surface area contributed by atoms with Gasteiger partial charge in [0.1, 0.15) is 29.0 Å². The highest BCUT2D eigenvalue weighted by atomic mass is 16.7. The molecule has 0 saturated carbocycles. The van der Waals surface area contributed by atoms with Gasteiger partial charge in [-0.15, -0.1) is 0 Å². The first-order valence-corrected chi connectivity index (χ1v) is 28.1. The highest BCUT2D eigenvalue weighted by molar-refractivity contribution is 5.95. The van der Waals surface area contributed by atoms with E-state index in [0.29, 0.717) is 30.6 Å². The van der Waals surface area contributed by atoms with Crippen LogP contribution in [0.3, 0.4) is 0 Å². The summed E-state index contributed by atoms with van der Waals surface area (Å²) in [5.41, 5.74) is -2.68. The summed E-state index contributed by atoms with van der Waals surface area (Å²) in [4.78, 5) is 55.3. The fourth-order valence-corrected chi connectivity index (χ4v) is 12.7. The summed E-state index contributed by atoms with van der Waals surface area (Å²) in [6.45, 7) is 20.4. The molecule has 0 radical (unpaired) electrons. The summed E-state index contributed by atoms with van der Waals surface area (Å²) in [5.74, 6) is -5.94. The monoisotopic (exact) mass is 1120 g/mol. The number of anilines is 1. The second-order valence-corrected chi connectivity index (χ2v) is 23.6. The normalized spacial score (nSPS) is 38.3. The maximum Gasteiger partial charge on any atom is 0.341 e. The molecule has 5 heterocycles. The second kappa shape index (κ2) is 26.3. The molecule has 4 aliphatic rings. The van der Waals surface area contributed by atoms with Crippen LogP contribution < -0.4 is 16.1 Å². The number of nitrogens with zero attached hydrogens (tertiary/aromatic N) is 3. The number of nitrogens with one attached hydrogen (secondary N) is 2. The lowest BCUT2D eigenvalue weighted by molar-refractivity contribution is -0.320. The van der Waals surface area contributed by atoms with E-state index in [9.17, 15) is 44.8 Å². The van der Waals surface area contributed by atoms with Crippen molar-refractivity contribution in [2.24, 2.45) is 28.8 Å². The van der Waals surface area contributed by atoms with Gasteiger partial charge in [0.15, 0.2) is 18.7 Å². The van der Waals surface area contributed by atoms with Crippen LogP contribution in [0, 0.1) is 23.7 Å². The molecular formula is C57H91N5O17. The molecule has 0 spiro atoms. The molecule has 446 valence electrons. The van der Waals surface area contributed by atoms with Gasteiger partial charge in [-0.25, -0.2) is 4.79 Å². The fraction of sp³-hybridized carbons (Fsp3) is 0.772. The van der Waals surface area contributed by atoms with Gasteiger partial charge < -0.3 is 83.6 Å². The SMILES string of the molecule is CC[C@H]1OC(=O)C(C)[C@@H](O[C@H]2C[C@@](C)(OC)[C@@H](OC(=O)CCNCCNc3cc4c5c(c3)c(=O)c(C(=O)O)cn5C(C)CC4)[C@H](C)O2)[C@H](C)[C@@H](O[C@@H]2O[C@H](C)CC(N(C)C)[C@H]2O)[C@](C)(OC)C[C@@H](C)/C(=N\O)[C@H](C)[C@@H](O)[C@]1(C)O. The quantitative estimate of drug-likeness (QED) is 0.0482. The van der Waals surface area contributed by atoms with Crippen LogP contribution >= 0.6 is 0 Å². The molecule has 1 aromatic carbocycles. The molecule has 6 rings (SSSR count). The van der Waals surface area contributed by atoms with Gasteiger partial charge in [0.2, 0.25) is 5.43 Å². The summed E-state index contributed by atoms with van der Waals surface area (Å²) < 4.78 is 53.5. The van der Waals surface area contributed by atoms with E-state index in [4.69, 9.17) is 37.9 Å². The third-order valence-electron chi connectivity index (χ3n) is 17.5. The Morgan fingerprint density at radius 2 is 1.58 bits per heavy atom. The van der Waals surface area contributed by atoms with Gasteiger partial charge in [0.05, 0.1) is 59.7 Å². The number of carboxylic acids is 1. The molecule has 7 N–H and O–H groups in total. The summed E-state index contributed by atoms with van der Waals surface area (Å²) in [6, 6.07) is 3.40. The Balaban J connectivity index is 1.20. The summed E-state index contributed by atoms with van der Waals surface area (Å²) in [6.07, 6.45) is -6.43. The molecule has 3 fully saturated rings. The van der Waals surface area contributed by atoms with E-state index in [1.165, 1.54) is 27.3 Å². The number of likely N-dealkylation sites (N-methyl/N-ethyl adjacent to an activating group) is 1. The average molecular weight is 1120 g/mol. The molecule has 22 nitrogen and oxygen atoms in total. The van der Waals surface area contributed by atoms with Crippen molar-refractivity contribution in [3.63, 3.8) is 0 Å². The van der Waals surface area contributed by atoms with Gasteiger partial charge >= 0.3 is 17.9 Å². The maximum atomic E-state index is 14.6. The van der Waals surface area contributed by atoms with Crippen LogP contribution in [0.2, 0.25) is 0 Å². The van der Waals surface area contributed by atoms with Gasteiger partial charge in [0, 0.05) is 87.4 Å². The Labute approximate surface area is 464 Å². The number of carbonyl (C=O) groups excluding carboxylic acids is 2. The van der Waals surface area contributed by atoms with Crippen LogP contribution in [0.4, 0.5) is 5.69 Å². The number of aromatic carboxylic acids is 1. The molecule has 79 heavy (non-hydrogen) atoms. The molecular weight excluding hydrogens is 1030 g/mol. The van der Waals surface area contributed by atoms with Crippen molar-refractivity contribution in [3.8, 4) is 0 Å². The molecule has 4 aliphatic heterocycles. The van der Waals surface area contributed by atoms with Crippen LogP contribution in [0.5, 0.6) is 0 Å². The third kappa shape index (κ3) is 13.8. The zero-order valence-electron chi connectivity index (χ0n) is 49.0. The van der Waals surface area contributed by atoms with Crippen molar-refractivity contribution in [2.45, 2.75) is 211 Å². The Hall–Kier alpha value is -4.33. The number of carboxylic acid groups (broad SMARTS) is 1. The number of hydrogen-bond donors (Lipinski definition) is 7. The number of oxime groups is 1. The van der Waals surface area contributed by atoms with E-state index in [2.05, 4.69) is 15.8 Å². The summed E-state index contributed by atoms with van der Waals surface area (Å²) >= 11 is 0. The Bertz CT molecular complexity index is 2530. The van der Waals surface area contributed by atoms with Crippen molar-refractivity contribution in [1.82, 2.24) is 14.8 Å². The Kier molecular flexibility index (Phi) is 21.2. The van der Waals surface area contributed by atoms with Crippen molar-refractivity contribution < 1.29 is 77.9 Å². The minimum absolute atomic E-state index is 0.0109. The molecule has 0 bridgehead atoms. The summed E-state index contributed by atoms with van der Waals surface area (Å²) in [5, 5.41) is 66.5. The highest BCUT2D eigenvalue weighted by Gasteiger charge is 2.55. The highest BCUT2D eigenvalue weighted by Crippen LogP contribution is 2.43. The number of methoxy groups -OCH3 is 2.